The highest BCUT2D eigenvalue weighted by Gasteiger charge is 2.18. The van der Waals surface area contributed by atoms with E-state index in [2.05, 4.69) is 5.32 Å². The minimum Gasteiger partial charge on any atom is -0.378 e. The molecule has 0 aromatic heterocycles. The molecule has 0 aliphatic carbocycles. The molecule has 5 heteroatoms. The average molecular weight is 338 g/mol. The minimum absolute atomic E-state index is 0.0145. The van der Waals surface area contributed by atoms with Crippen LogP contribution in [0.15, 0.2) is 54.6 Å². The van der Waals surface area contributed by atoms with Crippen LogP contribution >= 0.6 is 0 Å². The van der Waals surface area contributed by atoms with E-state index in [1.54, 1.807) is 29.2 Å². The molecule has 2 amide bonds. The van der Waals surface area contributed by atoms with E-state index in [0.717, 1.165) is 6.42 Å². The van der Waals surface area contributed by atoms with Gasteiger partial charge in [0.25, 0.3) is 11.8 Å². The Labute approximate surface area is 147 Å². The Morgan fingerprint density at radius 3 is 2.24 bits per heavy atom. The maximum atomic E-state index is 12.4. The first-order valence-corrected chi connectivity index (χ1v) is 8.53. The van der Waals surface area contributed by atoms with Crippen molar-refractivity contribution in [3.05, 3.63) is 71.3 Å². The number of rotatable bonds is 5. The number of amides is 2. The summed E-state index contributed by atoms with van der Waals surface area (Å²) in [5, 5.41) is 2.91. The number of carbonyl (C=O) groups is 2. The van der Waals surface area contributed by atoms with Crippen molar-refractivity contribution in [3.63, 3.8) is 0 Å². The highest BCUT2D eigenvalue weighted by molar-refractivity contribution is 5.97. The summed E-state index contributed by atoms with van der Waals surface area (Å²) in [6, 6.07) is 16.9. The summed E-state index contributed by atoms with van der Waals surface area (Å²) in [4.78, 5) is 26.4. The predicted octanol–water partition coefficient (Wildman–Crippen LogP) is 2.13. The first-order chi connectivity index (χ1) is 12.2. The lowest BCUT2D eigenvalue weighted by Crippen LogP contribution is -2.40. The Kier molecular flexibility index (Phi) is 5.80. The van der Waals surface area contributed by atoms with Crippen LogP contribution in [-0.4, -0.2) is 49.6 Å². The van der Waals surface area contributed by atoms with Crippen molar-refractivity contribution >= 4 is 11.8 Å². The zero-order valence-electron chi connectivity index (χ0n) is 14.1. The van der Waals surface area contributed by atoms with Crippen LogP contribution in [-0.2, 0) is 11.2 Å². The van der Waals surface area contributed by atoms with E-state index in [0.29, 0.717) is 44.0 Å². The Morgan fingerprint density at radius 2 is 1.56 bits per heavy atom. The minimum atomic E-state index is -0.124. The number of nitrogens with one attached hydrogen (secondary N) is 1. The predicted molar refractivity (Wildman–Crippen MR) is 95.6 cm³/mol. The highest BCUT2D eigenvalue weighted by atomic mass is 16.5. The van der Waals surface area contributed by atoms with Crippen molar-refractivity contribution in [1.29, 1.82) is 0 Å². The van der Waals surface area contributed by atoms with Crippen molar-refractivity contribution in [2.45, 2.75) is 6.42 Å². The molecular formula is C20H22N2O3. The lowest BCUT2D eigenvalue weighted by Gasteiger charge is -2.26. The topological polar surface area (TPSA) is 58.6 Å². The highest BCUT2D eigenvalue weighted by Crippen LogP contribution is 2.10. The number of carbonyl (C=O) groups excluding carboxylic acids is 2. The van der Waals surface area contributed by atoms with E-state index >= 15 is 0 Å². The lowest BCUT2D eigenvalue weighted by atomic mass is 10.1. The molecule has 0 bridgehead atoms. The molecule has 1 N–H and O–H groups in total. The summed E-state index contributed by atoms with van der Waals surface area (Å²) in [7, 11) is 0. The van der Waals surface area contributed by atoms with E-state index in [4.69, 9.17) is 4.74 Å². The van der Waals surface area contributed by atoms with Gasteiger partial charge < -0.3 is 15.0 Å². The zero-order valence-corrected chi connectivity index (χ0v) is 14.1. The van der Waals surface area contributed by atoms with Gasteiger partial charge in [-0.05, 0) is 36.2 Å². The standard InChI is InChI=1S/C20H22N2O3/c23-19(21-11-10-16-4-2-1-3-5-16)17-6-8-18(9-7-17)20(24)22-12-14-25-15-13-22/h1-9H,10-15H2,(H,21,23). The third-order valence-electron chi connectivity index (χ3n) is 4.23. The fraction of sp³-hybridized carbons (Fsp3) is 0.300. The average Bonchev–Trinajstić information content (AvgIpc) is 2.69. The lowest BCUT2D eigenvalue weighted by molar-refractivity contribution is 0.0303. The molecule has 0 spiro atoms. The number of morpholine rings is 1. The van der Waals surface area contributed by atoms with Gasteiger partial charge in [0.15, 0.2) is 0 Å². The maximum Gasteiger partial charge on any atom is 0.254 e. The molecule has 130 valence electrons. The number of benzene rings is 2. The SMILES string of the molecule is O=C(NCCc1ccccc1)c1ccc(C(=O)N2CCOCC2)cc1. The van der Waals surface area contributed by atoms with Crippen molar-refractivity contribution in [2.24, 2.45) is 0 Å². The first kappa shape index (κ1) is 17.2. The Hall–Kier alpha value is -2.66. The van der Waals surface area contributed by atoms with Gasteiger partial charge in [0, 0.05) is 30.8 Å². The van der Waals surface area contributed by atoms with Crippen molar-refractivity contribution < 1.29 is 14.3 Å². The molecule has 2 aromatic rings. The second-order valence-corrected chi connectivity index (χ2v) is 5.97. The van der Waals surface area contributed by atoms with Gasteiger partial charge in [-0.1, -0.05) is 30.3 Å². The molecular weight excluding hydrogens is 316 g/mol. The molecule has 1 saturated heterocycles. The van der Waals surface area contributed by atoms with Gasteiger partial charge in [-0.15, -0.1) is 0 Å². The van der Waals surface area contributed by atoms with Gasteiger partial charge in [-0.25, -0.2) is 0 Å². The molecule has 0 saturated carbocycles. The first-order valence-electron chi connectivity index (χ1n) is 8.53. The van der Waals surface area contributed by atoms with Crippen molar-refractivity contribution in [1.82, 2.24) is 10.2 Å². The fourth-order valence-electron chi connectivity index (χ4n) is 2.78. The van der Waals surface area contributed by atoms with E-state index < -0.39 is 0 Å². The number of ether oxygens (including phenoxy) is 1. The quantitative estimate of drug-likeness (QED) is 0.909. The van der Waals surface area contributed by atoms with E-state index in [-0.39, 0.29) is 11.8 Å². The van der Waals surface area contributed by atoms with E-state index in [1.165, 1.54) is 5.56 Å². The molecule has 1 fully saturated rings. The zero-order chi connectivity index (χ0) is 17.5. The molecule has 0 radical (unpaired) electrons. The van der Waals surface area contributed by atoms with Crippen LogP contribution in [0.3, 0.4) is 0 Å². The normalized spacial score (nSPS) is 14.2. The van der Waals surface area contributed by atoms with Crippen LogP contribution in [0, 0.1) is 0 Å². The van der Waals surface area contributed by atoms with Gasteiger partial charge in [0.1, 0.15) is 0 Å². The molecule has 1 heterocycles. The molecule has 25 heavy (non-hydrogen) atoms. The van der Waals surface area contributed by atoms with Gasteiger partial charge in [0.2, 0.25) is 0 Å². The summed E-state index contributed by atoms with van der Waals surface area (Å²) in [5.74, 6) is -0.138. The Morgan fingerprint density at radius 1 is 0.920 bits per heavy atom. The van der Waals surface area contributed by atoms with Gasteiger partial charge in [0.05, 0.1) is 13.2 Å². The second-order valence-electron chi connectivity index (χ2n) is 5.97. The molecule has 5 nitrogen and oxygen atoms in total. The summed E-state index contributed by atoms with van der Waals surface area (Å²) in [6.07, 6.45) is 0.792. The monoisotopic (exact) mass is 338 g/mol. The van der Waals surface area contributed by atoms with E-state index in [9.17, 15) is 9.59 Å². The number of hydrogen-bond donors (Lipinski definition) is 1. The molecule has 1 aliphatic rings. The van der Waals surface area contributed by atoms with Crippen LogP contribution < -0.4 is 5.32 Å². The van der Waals surface area contributed by atoms with Crippen LogP contribution in [0.4, 0.5) is 0 Å². The Balaban J connectivity index is 1.52. The second kappa shape index (κ2) is 8.44. The van der Waals surface area contributed by atoms with Gasteiger partial charge in [-0.2, -0.15) is 0 Å². The summed E-state index contributed by atoms with van der Waals surface area (Å²) >= 11 is 0. The van der Waals surface area contributed by atoms with Crippen molar-refractivity contribution in [3.8, 4) is 0 Å². The van der Waals surface area contributed by atoms with E-state index in [1.807, 2.05) is 30.3 Å². The summed E-state index contributed by atoms with van der Waals surface area (Å²) < 4.78 is 5.26. The van der Waals surface area contributed by atoms with Crippen molar-refractivity contribution in [2.75, 3.05) is 32.8 Å². The molecule has 2 aromatic carbocycles. The summed E-state index contributed by atoms with van der Waals surface area (Å²) in [5.41, 5.74) is 2.35. The molecule has 0 unspecified atom stereocenters. The van der Waals surface area contributed by atoms with Crippen LogP contribution in [0.2, 0.25) is 0 Å². The van der Waals surface area contributed by atoms with Gasteiger partial charge >= 0.3 is 0 Å². The summed E-state index contributed by atoms with van der Waals surface area (Å²) in [6.45, 7) is 2.96. The largest absolute Gasteiger partial charge is 0.378 e. The smallest absolute Gasteiger partial charge is 0.254 e. The number of nitrogens with zero attached hydrogens (tertiary/aromatic N) is 1. The maximum absolute atomic E-state index is 12.4. The molecule has 1 aliphatic heterocycles. The fourth-order valence-corrected chi connectivity index (χ4v) is 2.78. The third kappa shape index (κ3) is 4.67. The Bertz CT molecular complexity index is 707. The number of hydrogen-bond acceptors (Lipinski definition) is 3. The van der Waals surface area contributed by atoms with Crippen LogP contribution in [0.25, 0.3) is 0 Å². The third-order valence-corrected chi connectivity index (χ3v) is 4.23. The van der Waals surface area contributed by atoms with Gasteiger partial charge in [-0.3, -0.25) is 9.59 Å². The molecule has 0 atom stereocenters. The molecule has 3 rings (SSSR count). The van der Waals surface area contributed by atoms with Crippen LogP contribution in [0.5, 0.6) is 0 Å². The van der Waals surface area contributed by atoms with Crippen LogP contribution in [0.1, 0.15) is 26.3 Å².